The van der Waals surface area contributed by atoms with Crippen molar-refractivity contribution >= 4 is 5.78 Å². The van der Waals surface area contributed by atoms with Gasteiger partial charge in [0.2, 0.25) is 0 Å². The molecular formula is C9H14O. The Kier molecular flexibility index (Phi) is 4.55. The van der Waals surface area contributed by atoms with E-state index in [2.05, 4.69) is 0 Å². The summed E-state index contributed by atoms with van der Waals surface area (Å²) in [5.74, 6) is 0.266. The molecule has 0 fully saturated rings. The molecule has 0 atom stereocenters. The highest BCUT2D eigenvalue weighted by Crippen LogP contribution is 1.94. The van der Waals surface area contributed by atoms with Crippen LogP contribution in [-0.4, -0.2) is 5.78 Å². The lowest BCUT2D eigenvalue weighted by Crippen LogP contribution is -1.92. The molecule has 0 bridgehead atoms. The van der Waals surface area contributed by atoms with Gasteiger partial charge in [-0.3, -0.25) is 4.79 Å². The van der Waals surface area contributed by atoms with Crippen LogP contribution in [0.1, 0.15) is 27.6 Å². The van der Waals surface area contributed by atoms with Crippen molar-refractivity contribution in [3.63, 3.8) is 0 Å². The van der Waals surface area contributed by atoms with E-state index < -0.39 is 0 Å². The molecule has 10 heavy (non-hydrogen) atoms. The minimum absolute atomic E-state index is 0.266. The molecule has 0 rings (SSSR count). The lowest BCUT2D eigenvalue weighted by molar-refractivity contribution is -0.118. The Morgan fingerprint density at radius 2 is 2.60 bits per heavy atom. The van der Waals surface area contributed by atoms with Crippen molar-refractivity contribution in [3.8, 4) is 0 Å². The van der Waals surface area contributed by atoms with Crippen LogP contribution < -0.4 is 0 Å². The molecule has 0 saturated heterocycles. The molecule has 0 unspecified atom stereocenters. The third kappa shape index (κ3) is 5.29. The van der Waals surface area contributed by atoms with Crippen LogP contribution in [0.3, 0.4) is 0 Å². The van der Waals surface area contributed by atoms with E-state index in [1.165, 1.54) is 6.55 Å². The third-order valence-corrected chi connectivity index (χ3v) is 1.12. The minimum atomic E-state index is 0.266. The lowest BCUT2D eigenvalue weighted by atomic mass is 10.2. The first-order valence-electron chi connectivity index (χ1n) is 4.10. The smallest absolute Gasteiger partial charge is 0.136 e. The Hall–Kier alpha value is -0.850. The molecule has 0 aliphatic heterocycles. The first-order chi connectivity index (χ1) is 5.31. The molecule has 1 nitrogen and oxygen atoms in total. The molecule has 56 valence electrons. The molecule has 1 heteroatoms. The topological polar surface area (TPSA) is 17.1 Å². The van der Waals surface area contributed by atoms with E-state index in [1.54, 1.807) is 18.2 Å². The van der Waals surface area contributed by atoms with Gasteiger partial charge in [-0.2, -0.15) is 0 Å². The van der Waals surface area contributed by atoms with Gasteiger partial charge in [0.25, 0.3) is 0 Å². The average molecular weight is 139 g/mol. The normalized spacial score (nSPS) is 12.7. The van der Waals surface area contributed by atoms with Gasteiger partial charge >= 0.3 is 0 Å². The zero-order chi connectivity index (χ0) is 8.53. The van der Waals surface area contributed by atoms with Crippen molar-refractivity contribution < 1.29 is 6.17 Å². The monoisotopic (exact) mass is 139 g/mol. The molecule has 0 radical (unpaired) electrons. The Labute approximate surface area is 63.8 Å². The molecule has 0 aliphatic carbocycles. The van der Waals surface area contributed by atoms with Gasteiger partial charge in [0, 0.05) is 12.8 Å². The molecule has 0 N–H and O–H groups in total. The van der Waals surface area contributed by atoms with E-state index >= 15 is 0 Å². The molecule has 0 aromatic carbocycles. The Morgan fingerprint density at radius 1 is 1.80 bits per heavy atom. The third-order valence-electron chi connectivity index (χ3n) is 1.12. The Balaban J connectivity index is 3.44. The highest BCUT2D eigenvalue weighted by atomic mass is 16.1. The standard InChI is InChI=1S/C9H14O/c1-3-5-6-8-9(10)7-4-2/h3,5-6H,1,4,7-8H2,2H3/i1D/b3-1+,6-5?. The van der Waals surface area contributed by atoms with Gasteiger partial charge in [0.05, 0.1) is 1.37 Å². The maximum atomic E-state index is 10.9. The number of carbonyl (C=O) groups is 1. The lowest BCUT2D eigenvalue weighted by Gasteiger charge is -1.89. The van der Waals surface area contributed by atoms with Crippen molar-refractivity contribution in [2.24, 2.45) is 0 Å². The molecule has 0 spiro atoms. The molecular weight excluding hydrogens is 124 g/mol. The fraction of sp³-hybridized carbons (Fsp3) is 0.444. The summed E-state index contributed by atoms with van der Waals surface area (Å²) in [6.07, 6.45) is 7.18. The number of hydrogen-bond donors (Lipinski definition) is 0. The van der Waals surface area contributed by atoms with Crippen molar-refractivity contribution in [2.75, 3.05) is 0 Å². The van der Waals surface area contributed by atoms with Crippen LogP contribution in [0.2, 0.25) is 0 Å². The molecule has 0 heterocycles. The van der Waals surface area contributed by atoms with Crippen molar-refractivity contribution in [3.05, 3.63) is 24.8 Å². The predicted molar refractivity (Wildman–Crippen MR) is 43.9 cm³/mol. The van der Waals surface area contributed by atoms with Gasteiger partial charge < -0.3 is 0 Å². The van der Waals surface area contributed by atoms with Gasteiger partial charge in [-0.15, -0.1) is 0 Å². The van der Waals surface area contributed by atoms with E-state index in [0.29, 0.717) is 12.8 Å². The number of Topliss-reactive ketones (excluding diaryl/α,β-unsaturated/α-hetero) is 1. The van der Waals surface area contributed by atoms with Crippen LogP contribution in [0.4, 0.5) is 0 Å². The maximum Gasteiger partial charge on any atom is 0.136 e. The summed E-state index contributed by atoms with van der Waals surface area (Å²) in [5, 5.41) is 0. The summed E-state index contributed by atoms with van der Waals surface area (Å²) in [5.41, 5.74) is 0. The van der Waals surface area contributed by atoms with Gasteiger partial charge in [-0.25, -0.2) is 0 Å². The van der Waals surface area contributed by atoms with Crippen LogP contribution in [0.15, 0.2) is 24.8 Å². The largest absolute Gasteiger partial charge is 0.299 e. The predicted octanol–water partition coefficient (Wildman–Crippen LogP) is 2.49. The molecule has 0 saturated carbocycles. The zero-order valence-electron chi connectivity index (χ0n) is 7.34. The molecule has 0 aromatic heterocycles. The van der Waals surface area contributed by atoms with Crippen molar-refractivity contribution in [2.45, 2.75) is 26.2 Å². The summed E-state index contributed by atoms with van der Waals surface area (Å²) in [7, 11) is 0. The van der Waals surface area contributed by atoms with Crippen LogP contribution in [0, 0.1) is 0 Å². The Morgan fingerprint density at radius 3 is 3.20 bits per heavy atom. The van der Waals surface area contributed by atoms with E-state index in [0.717, 1.165) is 6.42 Å². The van der Waals surface area contributed by atoms with Crippen LogP contribution in [0.25, 0.3) is 0 Å². The van der Waals surface area contributed by atoms with E-state index in [1.807, 2.05) is 6.92 Å². The zero-order valence-corrected chi connectivity index (χ0v) is 6.34. The van der Waals surface area contributed by atoms with Crippen molar-refractivity contribution in [1.29, 1.82) is 0 Å². The first-order valence-corrected chi connectivity index (χ1v) is 3.53. The van der Waals surface area contributed by atoms with Gasteiger partial charge in [0.1, 0.15) is 5.78 Å². The first kappa shape index (κ1) is 7.26. The van der Waals surface area contributed by atoms with Gasteiger partial charge in [-0.05, 0) is 6.42 Å². The number of carbonyl (C=O) groups excluding carboxylic acids is 1. The second-order valence-corrected chi connectivity index (χ2v) is 2.11. The quantitative estimate of drug-likeness (QED) is 0.535. The summed E-state index contributed by atoms with van der Waals surface area (Å²) >= 11 is 0. The molecule has 0 aromatic rings. The number of ketones is 1. The second-order valence-electron chi connectivity index (χ2n) is 2.11. The van der Waals surface area contributed by atoms with Gasteiger partial charge in [-0.1, -0.05) is 31.7 Å². The summed E-state index contributed by atoms with van der Waals surface area (Å²) < 4.78 is 6.65. The van der Waals surface area contributed by atoms with Crippen LogP contribution >= 0.6 is 0 Å². The number of rotatable bonds is 5. The van der Waals surface area contributed by atoms with Crippen LogP contribution in [0.5, 0.6) is 0 Å². The fourth-order valence-corrected chi connectivity index (χ4v) is 0.659. The molecule has 0 amide bonds. The highest BCUT2D eigenvalue weighted by Gasteiger charge is 1.93. The number of allylic oxidation sites excluding steroid dienone is 3. The fourth-order valence-electron chi connectivity index (χ4n) is 0.659. The van der Waals surface area contributed by atoms with E-state index in [-0.39, 0.29) is 5.78 Å². The van der Waals surface area contributed by atoms with Crippen molar-refractivity contribution in [1.82, 2.24) is 0 Å². The highest BCUT2D eigenvalue weighted by molar-refractivity contribution is 5.79. The summed E-state index contributed by atoms with van der Waals surface area (Å²) in [6.45, 7) is 3.19. The summed E-state index contributed by atoms with van der Waals surface area (Å²) in [6, 6.07) is 0. The summed E-state index contributed by atoms with van der Waals surface area (Å²) in [4.78, 5) is 10.9. The average Bonchev–Trinajstić information content (AvgIpc) is 1.99. The maximum absolute atomic E-state index is 10.9. The van der Waals surface area contributed by atoms with E-state index in [9.17, 15) is 4.79 Å². The van der Waals surface area contributed by atoms with Crippen LogP contribution in [-0.2, 0) is 4.79 Å². The molecule has 0 aliphatic rings. The van der Waals surface area contributed by atoms with Gasteiger partial charge in [0.15, 0.2) is 0 Å². The second kappa shape index (κ2) is 6.27. The minimum Gasteiger partial charge on any atom is -0.299 e. The SMILES string of the molecule is [2H]/C=C/C=CCC(=O)CCC. The Bertz CT molecular complexity index is 159. The number of hydrogen-bond acceptors (Lipinski definition) is 1. The van der Waals surface area contributed by atoms with E-state index in [4.69, 9.17) is 1.37 Å².